The second-order valence-corrected chi connectivity index (χ2v) is 6.65. The van der Waals surface area contributed by atoms with Crippen LogP contribution in [0.1, 0.15) is 27.2 Å². The molecule has 25 nitrogen and oxygen atoms in total. The summed E-state index contributed by atoms with van der Waals surface area (Å²) in [5.41, 5.74) is -2.17. The van der Waals surface area contributed by atoms with E-state index in [-0.39, 0.29) is 10.0 Å². The van der Waals surface area contributed by atoms with Crippen molar-refractivity contribution in [2.24, 2.45) is 0 Å². The van der Waals surface area contributed by atoms with Gasteiger partial charge in [0.2, 0.25) is 0 Å². The van der Waals surface area contributed by atoms with Crippen LogP contribution in [0, 0.1) is 50.6 Å². The standard InChI is InChI=1S/C12H13N9O16/c1-14(17(24)25)10(22)6-7(11(23)15(2)18(26)27)16(4-13-6)12-9(37-21(32)33)8(36-20(30)31)5(35-12)3-34-19(28)29/h4-5,8-9,12H,3H2,1-2H3/t5-,8-,9-,12-/m1/s1. The van der Waals surface area contributed by atoms with Gasteiger partial charge in [0.25, 0.3) is 15.3 Å². The monoisotopic (exact) mass is 539 g/mol. The van der Waals surface area contributed by atoms with Gasteiger partial charge in [-0.25, -0.2) is 25.2 Å². The van der Waals surface area contributed by atoms with Crippen LogP contribution in [-0.2, 0) is 19.2 Å². The van der Waals surface area contributed by atoms with Crippen LogP contribution in [0.15, 0.2) is 6.33 Å². The van der Waals surface area contributed by atoms with Crippen molar-refractivity contribution in [2.75, 3.05) is 20.7 Å². The molecule has 1 fully saturated rings. The Kier molecular flexibility index (Phi) is 8.13. The molecule has 1 aliphatic heterocycles. The van der Waals surface area contributed by atoms with E-state index in [1.165, 1.54) is 0 Å². The van der Waals surface area contributed by atoms with Crippen LogP contribution in [0.5, 0.6) is 0 Å². The molecular weight excluding hydrogens is 526 g/mol. The molecule has 0 radical (unpaired) electrons. The summed E-state index contributed by atoms with van der Waals surface area (Å²) in [4.78, 5) is 96.3. The third kappa shape index (κ3) is 5.96. The zero-order chi connectivity index (χ0) is 28.2. The van der Waals surface area contributed by atoms with Gasteiger partial charge < -0.3 is 19.2 Å². The molecule has 0 bridgehead atoms. The molecule has 202 valence electrons. The first-order valence-electron chi connectivity index (χ1n) is 9.13. The summed E-state index contributed by atoms with van der Waals surface area (Å²) < 4.78 is 5.71. The number of hydrogen-bond donors (Lipinski definition) is 0. The molecule has 2 amide bonds. The van der Waals surface area contributed by atoms with E-state index in [1.54, 1.807) is 0 Å². The molecule has 25 heteroatoms. The summed E-state index contributed by atoms with van der Waals surface area (Å²) >= 11 is 0. The molecule has 1 aliphatic rings. The summed E-state index contributed by atoms with van der Waals surface area (Å²) in [7, 11) is 1.25. The van der Waals surface area contributed by atoms with Crippen molar-refractivity contribution in [3.05, 3.63) is 68.3 Å². The number of ether oxygens (including phenoxy) is 1. The topological polar surface area (TPSA) is 311 Å². The molecule has 1 saturated heterocycles. The first-order valence-corrected chi connectivity index (χ1v) is 9.13. The maximum atomic E-state index is 12.8. The number of aromatic nitrogens is 2. The predicted molar refractivity (Wildman–Crippen MR) is 101 cm³/mol. The van der Waals surface area contributed by atoms with Crippen LogP contribution in [0.4, 0.5) is 0 Å². The Labute approximate surface area is 200 Å². The third-order valence-corrected chi connectivity index (χ3v) is 4.60. The highest BCUT2D eigenvalue weighted by Gasteiger charge is 2.52. The molecule has 4 atom stereocenters. The van der Waals surface area contributed by atoms with Crippen LogP contribution in [-0.4, -0.2) is 95.7 Å². The molecule has 0 spiro atoms. The van der Waals surface area contributed by atoms with Crippen molar-refractivity contribution < 1.29 is 54.2 Å². The minimum absolute atomic E-state index is 0.150. The van der Waals surface area contributed by atoms with E-state index in [2.05, 4.69) is 19.5 Å². The van der Waals surface area contributed by atoms with Crippen molar-refractivity contribution in [3.8, 4) is 0 Å². The SMILES string of the molecule is CN(C(=O)c1ncn([C@@H]2O[C@H](CO[N+](=O)[O-])[C@@H](O[N+](=O)[O-])[C@H]2O[N+](=O)[O-])c1C(=O)N(C)[N+](=O)[O-])[N+](=O)[O-]. The van der Waals surface area contributed by atoms with Crippen LogP contribution in [0.25, 0.3) is 0 Å². The molecule has 0 N–H and O–H groups in total. The lowest BCUT2D eigenvalue weighted by Gasteiger charge is -2.22. The first-order chi connectivity index (χ1) is 17.2. The van der Waals surface area contributed by atoms with Crippen LogP contribution in [0.3, 0.4) is 0 Å². The fourth-order valence-corrected chi connectivity index (χ4v) is 3.02. The maximum absolute atomic E-state index is 12.8. The van der Waals surface area contributed by atoms with Crippen molar-refractivity contribution in [2.45, 2.75) is 24.5 Å². The quantitative estimate of drug-likeness (QED) is 0.198. The van der Waals surface area contributed by atoms with E-state index in [4.69, 9.17) is 4.74 Å². The Morgan fingerprint density at radius 3 is 1.92 bits per heavy atom. The van der Waals surface area contributed by atoms with Gasteiger partial charge >= 0.3 is 11.8 Å². The maximum Gasteiger partial charge on any atom is 0.334 e. The van der Waals surface area contributed by atoms with Gasteiger partial charge in [-0.05, 0) is 0 Å². The van der Waals surface area contributed by atoms with E-state index >= 15 is 0 Å². The number of imidazole rings is 1. The Morgan fingerprint density at radius 2 is 1.43 bits per heavy atom. The van der Waals surface area contributed by atoms with E-state index in [1.807, 2.05) is 0 Å². The van der Waals surface area contributed by atoms with Gasteiger partial charge in [0.1, 0.15) is 18.4 Å². The molecule has 2 rings (SSSR count). The summed E-state index contributed by atoms with van der Waals surface area (Å²) in [6, 6.07) is 0. The molecular formula is C12H13N9O16. The van der Waals surface area contributed by atoms with Gasteiger partial charge in [-0.2, -0.15) is 0 Å². The Hall–Kier alpha value is -5.49. The van der Waals surface area contributed by atoms with Crippen LogP contribution in [0.2, 0.25) is 0 Å². The summed E-state index contributed by atoms with van der Waals surface area (Å²) in [6.45, 7) is -1.12. The Morgan fingerprint density at radius 1 is 0.919 bits per heavy atom. The smallest absolute Gasteiger partial charge is 0.334 e. The first kappa shape index (κ1) is 27.8. The number of carbonyl (C=O) groups excluding carboxylic acids is 2. The van der Waals surface area contributed by atoms with E-state index < -0.39 is 79.7 Å². The fraction of sp³-hybridized carbons (Fsp3) is 0.583. The van der Waals surface area contributed by atoms with Crippen LogP contribution < -0.4 is 0 Å². The van der Waals surface area contributed by atoms with E-state index in [0.717, 1.165) is 0 Å². The number of hydrogen-bond acceptors (Lipinski definition) is 17. The fourth-order valence-electron chi connectivity index (χ4n) is 3.02. The zero-order valence-electron chi connectivity index (χ0n) is 18.2. The largest absolute Gasteiger partial charge is 0.348 e. The minimum Gasteiger partial charge on any atom is -0.348 e. The number of rotatable bonds is 12. The second kappa shape index (κ2) is 10.8. The molecule has 37 heavy (non-hydrogen) atoms. The zero-order valence-corrected chi connectivity index (χ0v) is 18.2. The van der Waals surface area contributed by atoms with Gasteiger partial charge in [0, 0.05) is 0 Å². The van der Waals surface area contributed by atoms with Gasteiger partial charge in [-0.3, -0.25) is 14.2 Å². The number of amides is 2. The third-order valence-electron chi connectivity index (χ3n) is 4.60. The molecule has 1 aromatic rings. The van der Waals surface area contributed by atoms with Gasteiger partial charge in [-0.15, -0.1) is 30.3 Å². The average molecular weight is 539 g/mol. The normalized spacial score (nSPS) is 20.4. The molecule has 0 unspecified atom stereocenters. The molecule has 0 saturated carbocycles. The number of hydrazine groups is 2. The van der Waals surface area contributed by atoms with E-state index in [9.17, 15) is 60.2 Å². The predicted octanol–water partition coefficient (Wildman–Crippen LogP) is -2.33. The van der Waals surface area contributed by atoms with Gasteiger partial charge in [0.15, 0.2) is 34.2 Å². The van der Waals surface area contributed by atoms with Crippen molar-refractivity contribution in [3.63, 3.8) is 0 Å². The highest BCUT2D eigenvalue weighted by molar-refractivity contribution is 6.04. The molecule has 2 heterocycles. The second-order valence-electron chi connectivity index (χ2n) is 6.65. The summed E-state index contributed by atoms with van der Waals surface area (Å²) in [5, 5.41) is 47.6. The lowest BCUT2D eigenvalue weighted by Crippen LogP contribution is -2.42. The van der Waals surface area contributed by atoms with Crippen molar-refractivity contribution in [1.82, 2.24) is 19.6 Å². The highest BCUT2D eigenvalue weighted by Crippen LogP contribution is 2.36. The Balaban J connectivity index is 2.71. The lowest BCUT2D eigenvalue weighted by molar-refractivity contribution is -0.799. The number of nitro groups is 2. The van der Waals surface area contributed by atoms with Crippen molar-refractivity contribution in [1.29, 1.82) is 0 Å². The lowest BCUT2D eigenvalue weighted by atomic mass is 10.1. The molecule has 1 aromatic heterocycles. The number of carbonyl (C=O) groups is 2. The highest BCUT2D eigenvalue weighted by atomic mass is 17.0. The number of nitrogens with zero attached hydrogens (tertiary/aromatic N) is 9. The van der Waals surface area contributed by atoms with Crippen molar-refractivity contribution >= 4 is 11.8 Å². The Bertz CT molecular complexity index is 1140. The van der Waals surface area contributed by atoms with Gasteiger partial charge in [0.05, 0.1) is 20.4 Å². The summed E-state index contributed by atoms with van der Waals surface area (Å²) in [6.07, 6.45) is -7.80. The molecule has 0 aliphatic carbocycles. The molecule has 0 aromatic carbocycles. The van der Waals surface area contributed by atoms with Crippen LogP contribution >= 0.6 is 0 Å². The average Bonchev–Trinajstić information content (AvgIpc) is 3.36. The minimum atomic E-state index is -2.22. The summed E-state index contributed by atoms with van der Waals surface area (Å²) in [5.74, 6) is -3.23. The van der Waals surface area contributed by atoms with Gasteiger partial charge in [-0.1, -0.05) is 10.0 Å². The van der Waals surface area contributed by atoms with E-state index in [0.29, 0.717) is 25.0 Å².